The summed E-state index contributed by atoms with van der Waals surface area (Å²) in [6.07, 6.45) is 1.28. The monoisotopic (exact) mass is 415 g/mol. The molecule has 0 radical (unpaired) electrons. The molecule has 27 heavy (non-hydrogen) atoms. The zero-order valence-corrected chi connectivity index (χ0v) is 16.8. The quantitative estimate of drug-likeness (QED) is 0.478. The van der Waals surface area contributed by atoms with E-state index in [1.807, 2.05) is 0 Å². The second-order valence-electron chi connectivity index (χ2n) is 7.58. The van der Waals surface area contributed by atoms with Crippen molar-refractivity contribution in [2.75, 3.05) is 25.2 Å². The maximum Gasteiger partial charge on any atom is 0.226 e. The highest BCUT2D eigenvalue weighted by Gasteiger charge is 2.71. The third-order valence-corrected chi connectivity index (χ3v) is 7.99. The number of aliphatic hydroxyl groups excluding tert-OH is 2. The number of nitrogen functional groups attached to an aromatic ring is 1. The summed E-state index contributed by atoms with van der Waals surface area (Å²) < 4.78 is 19.5. The SMILES string of the molecule is CCOP(C)(=O)CC[C@@]12C[C@@H]1[C@@H](n1cnc3c(N)nc(Cl)nc31)[C@H](O)[C@@H]2O. The van der Waals surface area contributed by atoms with Crippen LogP contribution in [0.1, 0.15) is 25.8 Å². The number of hydrogen-bond donors (Lipinski definition) is 3. The topological polar surface area (TPSA) is 136 Å². The van der Waals surface area contributed by atoms with E-state index < -0.39 is 31.0 Å². The van der Waals surface area contributed by atoms with E-state index in [4.69, 9.17) is 21.9 Å². The van der Waals surface area contributed by atoms with Gasteiger partial charge in [0.1, 0.15) is 11.6 Å². The van der Waals surface area contributed by atoms with Gasteiger partial charge in [0.15, 0.2) is 18.8 Å². The van der Waals surface area contributed by atoms with Gasteiger partial charge in [-0.3, -0.25) is 4.57 Å². The number of nitrogens with zero attached hydrogens (tertiary/aromatic N) is 4. The van der Waals surface area contributed by atoms with Gasteiger partial charge in [-0.15, -0.1) is 0 Å². The summed E-state index contributed by atoms with van der Waals surface area (Å²) in [4.78, 5) is 12.3. The fraction of sp³-hybridized carbons (Fsp3) is 0.688. The summed E-state index contributed by atoms with van der Waals surface area (Å²) in [7, 11) is -2.71. The molecule has 0 saturated heterocycles. The van der Waals surface area contributed by atoms with E-state index in [0.717, 1.165) is 6.42 Å². The van der Waals surface area contributed by atoms with E-state index in [1.165, 1.54) is 0 Å². The Labute approximate surface area is 161 Å². The first-order chi connectivity index (χ1) is 12.7. The number of imidazole rings is 1. The van der Waals surface area contributed by atoms with Crippen molar-refractivity contribution in [2.45, 2.75) is 38.0 Å². The van der Waals surface area contributed by atoms with E-state index in [2.05, 4.69) is 15.0 Å². The fourth-order valence-corrected chi connectivity index (χ4v) is 6.26. The van der Waals surface area contributed by atoms with Crippen LogP contribution in [0.4, 0.5) is 5.82 Å². The second kappa shape index (κ2) is 6.39. The predicted molar refractivity (Wildman–Crippen MR) is 101 cm³/mol. The minimum Gasteiger partial charge on any atom is -0.390 e. The maximum absolute atomic E-state index is 12.5. The van der Waals surface area contributed by atoms with Crippen LogP contribution < -0.4 is 5.73 Å². The Kier molecular flexibility index (Phi) is 4.51. The van der Waals surface area contributed by atoms with Crippen molar-refractivity contribution in [3.63, 3.8) is 0 Å². The molecule has 4 rings (SSSR count). The van der Waals surface area contributed by atoms with Gasteiger partial charge < -0.3 is 25.0 Å². The Balaban J connectivity index is 1.63. The molecule has 2 fully saturated rings. The average molecular weight is 416 g/mol. The lowest BCUT2D eigenvalue weighted by Gasteiger charge is -2.25. The number of rotatable bonds is 6. The van der Waals surface area contributed by atoms with Crippen molar-refractivity contribution >= 4 is 36.0 Å². The van der Waals surface area contributed by atoms with Crippen LogP contribution in [-0.4, -0.2) is 61.4 Å². The molecule has 2 aliphatic carbocycles. The molecule has 11 heteroatoms. The molecule has 0 aliphatic heterocycles. The normalized spacial score (nSPS) is 34.6. The molecule has 0 amide bonds. The van der Waals surface area contributed by atoms with Crippen LogP contribution in [0.15, 0.2) is 6.33 Å². The van der Waals surface area contributed by atoms with Crippen LogP contribution in [0.2, 0.25) is 5.28 Å². The summed E-state index contributed by atoms with van der Waals surface area (Å²) in [6, 6.07) is -0.404. The van der Waals surface area contributed by atoms with Gasteiger partial charge >= 0.3 is 0 Å². The van der Waals surface area contributed by atoms with Crippen LogP contribution in [0.25, 0.3) is 11.2 Å². The molecule has 2 heterocycles. The smallest absolute Gasteiger partial charge is 0.226 e. The summed E-state index contributed by atoms with van der Waals surface area (Å²) in [5, 5.41) is 21.5. The molecule has 148 valence electrons. The lowest BCUT2D eigenvalue weighted by atomic mass is 9.96. The summed E-state index contributed by atoms with van der Waals surface area (Å²) in [5.74, 6) is 0.193. The zero-order valence-electron chi connectivity index (χ0n) is 15.1. The molecule has 0 aromatic carbocycles. The standard InChI is InChI=1S/C16H23ClN5O4P/c1-3-26-27(2,25)5-4-16-6-8(16)10(11(23)12(16)24)22-7-19-9-13(18)20-15(17)21-14(9)22/h7-8,10-12,23-24H,3-6H2,1-2H3,(H2,18,20,21)/t8-,10-,11+,12+,16-,27?/m1/s1. The number of nitrogens with two attached hydrogens (primary N) is 1. The first-order valence-corrected chi connectivity index (χ1v) is 11.6. The van der Waals surface area contributed by atoms with Gasteiger partial charge in [0.25, 0.3) is 0 Å². The van der Waals surface area contributed by atoms with Gasteiger partial charge in [-0.05, 0) is 37.3 Å². The minimum absolute atomic E-state index is 0.000446. The van der Waals surface area contributed by atoms with Crippen molar-refractivity contribution in [1.29, 1.82) is 0 Å². The van der Waals surface area contributed by atoms with Crippen molar-refractivity contribution < 1.29 is 19.3 Å². The third-order valence-electron chi connectivity index (χ3n) is 5.98. The Morgan fingerprint density at radius 1 is 1.48 bits per heavy atom. The van der Waals surface area contributed by atoms with Crippen molar-refractivity contribution in [2.24, 2.45) is 11.3 Å². The largest absolute Gasteiger partial charge is 0.390 e. The van der Waals surface area contributed by atoms with E-state index >= 15 is 0 Å². The van der Waals surface area contributed by atoms with Crippen LogP contribution in [0.5, 0.6) is 0 Å². The molecule has 9 nitrogen and oxygen atoms in total. The maximum atomic E-state index is 12.5. The van der Waals surface area contributed by atoms with Gasteiger partial charge in [-0.2, -0.15) is 9.97 Å². The minimum atomic E-state index is -2.71. The number of hydrogen-bond acceptors (Lipinski definition) is 8. The molecular weight excluding hydrogens is 393 g/mol. The lowest BCUT2D eigenvalue weighted by Crippen LogP contribution is -2.34. The molecule has 0 spiro atoms. The fourth-order valence-electron chi connectivity index (χ4n) is 4.59. The highest BCUT2D eigenvalue weighted by atomic mass is 35.5. The molecule has 2 aliphatic rings. The summed E-state index contributed by atoms with van der Waals surface area (Å²) >= 11 is 5.93. The summed E-state index contributed by atoms with van der Waals surface area (Å²) in [6.45, 7) is 3.81. The van der Waals surface area contributed by atoms with E-state index in [1.54, 1.807) is 24.5 Å². The molecule has 1 unspecified atom stereocenters. The summed E-state index contributed by atoms with van der Waals surface area (Å²) in [5.41, 5.74) is 6.23. The predicted octanol–water partition coefficient (Wildman–Crippen LogP) is 1.68. The van der Waals surface area contributed by atoms with Crippen molar-refractivity contribution in [1.82, 2.24) is 19.5 Å². The Morgan fingerprint density at radius 3 is 2.93 bits per heavy atom. The van der Waals surface area contributed by atoms with Gasteiger partial charge in [-0.25, -0.2) is 4.98 Å². The van der Waals surface area contributed by atoms with Gasteiger partial charge in [0.05, 0.1) is 25.1 Å². The highest BCUT2D eigenvalue weighted by molar-refractivity contribution is 7.58. The van der Waals surface area contributed by atoms with Crippen LogP contribution in [0.3, 0.4) is 0 Å². The second-order valence-corrected chi connectivity index (χ2v) is 10.6. The molecule has 2 aromatic heterocycles. The van der Waals surface area contributed by atoms with Gasteiger partial charge in [0, 0.05) is 18.2 Å². The average Bonchev–Trinajstić information content (AvgIpc) is 3.09. The van der Waals surface area contributed by atoms with Crippen molar-refractivity contribution in [3.8, 4) is 0 Å². The van der Waals surface area contributed by atoms with Crippen molar-refractivity contribution in [3.05, 3.63) is 11.6 Å². The number of anilines is 1. The van der Waals surface area contributed by atoms with E-state index in [-0.39, 0.29) is 17.0 Å². The molecule has 4 N–H and O–H groups in total. The van der Waals surface area contributed by atoms with Crippen LogP contribution in [-0.2, 0) is 9.09 Å². The van der Waals surface area contributed by atoms with Crippen LogP contribution in [0, 0.1) is 11.3 Å². The number of aliphatic hydroxyl groups is 2. The van der Waals surface area contributed by atoms with Gasteiger partial charge in [-0.1, -0.05) is 0 Å². The van der Waals surface area contributed by atoms with E-state index in [0.29, 0.717) is 30.4 Å². The third kappa shape index (κ3) is 2.96. The van der Waals surface area contributed by atoms with Gasteiger partial charge in [0.2, 0.25) is 5.28 Å². The zero-order chi connectivity index (χ0) is 19.6. The molecular formula is C16H23ClN5O4P. The first kappa shape index (κ1) is 19.1. The van der Waals surface area contributed by atoms with E-state index in [9.17, 15) is 14.8 Å². The molecule has 0 bridgehead atoms. The Hall–Kier alpha value is -1.25. The van der Waals surface area contributed by atoms with Crippen LogP contribution >= 0.6 is 19.0 Å². The lowest BCUT2D eigenvalue weighted by molar-refractivity contribution is -0.0182. The Morgan fingerprint density at radius 2 is 2.22 bits per heavy atom. The molecule has 2 aromatic rings. The Bertz CT molecular complexity index is 939. The number of halogens is 1. The molecule has 6 atom stereocenters. The number of aromatic nitrogens is 4. The number of fused-ring (bicyclic) bond motifs is 2. The highest BCUT2D eigenvalue weighted by Crippen LogP contribution is 2.70. The first-order valence-electron chi connectivity index (χ1n) is 8.93. The molecule has 2 saturated carbocycles.